The van der Waals surface area contributed by atoms with Crippen LogP contribution in [-0.4, -0.2) is 16.7 Å². The van der Waals surface area contributed by atoms with Gasteiger partial charge >= 0.3 is 0 Å². The van der Waals surface area contributed by atoms with Crippen molar-refractivity contribution in [3.05, 3.63) is 46.1 Å². The highest BCUT2D eigenvalue weighted by atomic mass is 35.5. The van der Waals surface area contributed by atoms with Crippen molar-refractivity contribution < 1.29 is 5.11 Å². The van der Waals surface area contributed by atoms with Crippen molar-refractivity contribution in [2.75, 3.05) is 17.7 Å². The van der Waals surface area contributed by atoms with Crippen LogP contribution in [0.25, 0.3) is 0 Å². The van der Waals surface area contributed by atoms with Crippen LogP contribution in [0, 0.1) is 0 Å². The smallest absolute Gasteiger partial charge is 0.155 e. The van der Waals surface area contributed by atoms with Crippen molar-refractivity contribution in [1.29, 1.82) is 0 Å². The lowest BCUT2D eigenvalue weighted by Crippen LogP contribution is -2.00. The van der Waals surface area contributed by atoms with Crippen molar-refractivity contribution in [2.45, 2.75) is 6.42 Å². The molecule has 0 atom stereocenters. The van der Waals surface area contributed by atoms with Gasteiger partial charge in [0.25, 0.3) is 0 Å². The molecule has 0 aliphatic carbocycles. The topological polar surface area (TPSA) is 71.2 Å². The fourth-order valence-electron chi connectivity index (χ4n) is 1.60. The van der Waals surface area contributed by atoms with E-state index in [9.17, 15) is 0 Å². The number of aromatic nitrogens is 1. The highest BCUT2D eigenvalue weighted by Gasteiger charge is 2.07. The summed E-state index contributed by atoms with van der Waals surface area (Å²) < 4.78 is 0. The number of hydrogen-bond acceptors (Lipinski definition) is 4. The molecule has 0 amide bonds. The molecule has 0 unspecified atom stereocenters. The van der Waals surface area contributed by atoms with Gasteiger partial charge in [-0.3, -0.25) is 0 Å². The van der Waals surface area contributed by atoms with Crippen LogP contribution < -0.4 is 11.1 Å². The molecule has 4 nitrogen and oxygen atoms in total. The van der Waals surface area contributed by atoms with E-state index in [4.69, 9.17) is 34.0 Å². The Hall–Kier alpha value is -1.49. The van der Waals surface area contributed by atoms with Gasteiger partial charge in [0.1, 0.15) is 5.15 Å². The fourth-order valence-corrected chi connectivity index (χ4v) is 1.90. The number of pyridine rings is 1. The summed E-state index contributed by atoms with van der Waals surface area (Å²) in [6.45, 7) is 0.133. The molecule has 2 aromatic rings. The van der Waals surface area contributed by atoms with E-state index >= 15 is 0 Å². The monoisotopic (exact) mass is 297 g/mol. The molecule has 100 valence electrons. The predicted octanol–water partition coefficient (Wildman–Crippen LogP) is 3.25. The van der Waals surface area contributed by atoms with Crippen LogP contribution >= 0.6 is 23.2 Å². The summed E-state index contributed by atoms with van der Waals surface area (Å²) in [6, 6.07) is 9.17. The Morgan fingerprint density at radius 3 is 2.53 bits per heavy atom. The first kappa shape index (κ1) is 13.9. The number of rotatable bonds is 4. The Kier molecular flexibility index (Phi) is 4.47. The second-order valence-corrected chi connectivity index (χ2v) is 4.76. The maximum atomic E-state index is 8.85. The van der Waals surface area contributed by atoms with Gasteiger partial charge in [0.05, 0.1) is 10.7 Å². The molecule has 19 heavy (non-hydrogen) atoms. The van der Waals surface area contributed by atoms with Gasteiger partial charge in [-0.25, -0.2) is 4.98 Å². The minimum atomic E-state index is 0.133. The number of nitrogens with one attached hydrogen (secondary N) is 1. The normalized spacial score (nSPS) is 10.5. The molecule has 1 heterocycles. The highest BCUT2D eigenvalue weighted by molar-refractivity contribution is 6.41. The highest BCUT2D eigenvalue weighted by Crippen LogP contribution is 2.29. The van der Waals surface area contributed by atoms with Crippen LogP contribution in [0.15, 0.2) is 30.3 Å². The van der Waals surface area contributed by atoms with Gasteiger partial charge in [-0.05, 0) is 30.2 Å². The summed E-state index contributed by atoms with van der Waals surface area (Å²) in [5.41, 5.74) is 8.13. The predicted molar refractivity (Wildman–Crippen MR) is 79.2 cm³/mol. The van der Waals surface area contributed by atoms with Gasteiger partial charge < -0.3 is 16.2 Å². The second-order valence-electron chi connectivity index (χ2n) is 3.99. The molecule has 0 saturated carbocycles. The second kappa shape index (κ2) is 6.10. The van der Waals surface area contributed by atoms with Crippen molar-refractivity contribution in [1.82, 2.24) is 4.98 Å². The van der Waals surface area contributed by atoms with E-state index in [0.29, 0.717) is 22.9 Å². The quantitative estimate of drug-likeness (QED) is 0.758. The minimum absolute atomic E-state index is 0.133. The Balaban J connectivity index is 2.19. The molecule has 0 saturated heterocycles. The zero-order valence-electron chi connectivity index (χ0n) is 10.0. The number of anilines is 3. The van der Waals surface area contributed by atoms with Crippen LogP contribution in [0.1, 0.15) is 5.56 Å². The molecule has 0 fully saturated rings. The van der Waals surface area contributed by atoms with Crippen LogP contribution in [-0.2, 0) is 6.42 Å². The summed E-state index contributed by atoms with van der Waals surface area (Å²) in [4.78, 5) is 4.08. The van der Waals surface area contributed by atoms with E-state index in [0.717, 1.165) is 11.3 Å². The number of nitrogens with zero attached hydrogens (tertiary/aromatic N) is 1. The van der Waals surface area contributed by atoms with Gasteiger partial charge in [-0.1, -0.05) is 35.3 Å². The zero-order chi connectivity index (χ0) is 13.8. The summed E-state index contributed by atoms with van der Waals surface area (Å²) in [5.74, 6) is 0.462. The first-order valence-electron chi connectivity index (χ1n) is 5.68. The van der Waals surface area contributed by atoms with Crippen molar-refractivity contribution >= 4 is 40.4 Å². The lowest BCUT2D eigenvalue weighted by molar-refractivity contribution is 0.299. The number of aliphatic hydroxyl groups is 1. The summed E-state index contributed by atoms with van der Waals surface area (Å²) in [5, 5.41) is 12.4. The first-order valence-corrected chi connectivity index (χ1v) is 6.44. The molecule has 0 bridgehead atoms. The number of benzene rings is 1. The van der Waals surface area contributed by atoms with Crippen LogP contribution in [0.2, 0.25) is 10.2 Å². The molecule has 1 aromatic heterocycles. The summed E-state index contributed by atoms with van der Waals surface area (Å²) in [6.07, 6.45) is 0.632. The average molecular weight is 298 g/mol. The van der Waals surface area contributed by atoms with Crippen molar-refractivity contribution in [3.8, 4) is 0 Å². The van der Waals surface area contributed by atoms with E-state index in [2.05, 4.69) is 10.3 Å². The molecule has 0 aliphatic heterocycles. The number of aliphatic hydroxyl groups excluding tert-OH is 1. The third-order valence-corrected chi connectivity index (χ3v) is 3.25. The van der Waals surface area contributed by atoms with Crippen LogP contribution in [0.3, 0.4) is 0 Å². The number of nitrogens with two attached hydrogens (primary N) is 1. The zero-order valence-corrected chi connectivity index (χ0v) is 11.5. The molecule has 2 rings (SSSR count). The maximum Gasteiger partial charge on any atom is 0.155 e. The van der Waals surface area contributed by atoms with E-state index in [1.807, 2.05) is 24.3 Å². The fraction of sp³-hybridized carbons (Fsp3) is 0.154. The summed E-state index contributed by atoms with van der Waals surface area (Å²) >= 11 is 11.7. The Bertz CT molecular complexity index is 573. The SMILES string of the molecule is Nc1cc(Cl)c(Cl)nc1Nc1ccc(CCO)cc1. The lowest BCUT2D eigenvalue weighted by atomic mass is 10.1. The molecule has 4 N–H and O–H groups in total. The number of halogens is 2. The van der Waals surface area contributed by atoms with Crippen molar-refractivity contribution in [3.63, 3.8) is 0 Å². The van der Waals surface area contributed by atoms with E-state index < -0.39 is 0 Å². The molecular formula is C13H13Cl2N3O. The van der Waals surface area contributed by atoms with Gasteiger partial charge in [-0.2, -0.15) is 0 Å². The lowest BCUT2D eigenvalue weighted by Gasteiger charge is -2.10. The van der Waals surface area contributed by atoms with Gasteiger partial charge in [-0.15, -0.1) is 0 Å². The molecule has 0 aliphatic rings. The number of hydrogen-bond donors (Lipinski definition) is 3. The van der Waals surface area contributed by atoms with Gasteiger partial charge in [0.2, 0.25) is 0 Å². The molecule has 0 spiro atoms. The van der Waals surface area contributed by atoms with E-state index in [1.165, 1.54) is 0 Å². The first-order chi connectivity index (χ1) is 9.10. The number of nitrogen functional groups attached to an aromatic ring is 1. The standard InChI is InChI=1S/C13H13Cl2N3O/c14-10-7-11(16)13(18-12(10)15)17-9-3-1-8(2-4-9)5-6-19/h1-4,7,19H,5-6,16H2,(H,17,18). The molecule has 6 heteroatoms. The van der Waals surface area contributed by atoms with E-state index in [-0.39, 0.29) is 11.8 Å². The van der Waals surface area contributed by atoms with Crippen LogP contribution in [0.4, 0.5) is 17.2 Å². The van der Waals surface area contributed by atoms with Gasteiger partial charge in [0.15, 0.2) is 5.82 Å². The average Bonchev–Trinajstić information content (AvgIpc) is 2.38. The van der Waals surface area contributed by atoms with E-state index in [1.54, 1.807) is 6.07 Å². The third kappa shape index (κ3) is 3.50. The Labute approximate surface area is 121 Å². The Morgan fingerprint density at radius 2 is 1.89 bits per heavy atom. The largest absolute Gasteiger partial charge is 0.396 e. The van der Waals surface area contributed by atoms with Gasteiger partial charge in [0, 0.05) is 12.3 Å². The minimum Gasteiger partial charge on any atom is -0.396 e. The molecular weight excluding hydrogens is 285 g/mol. The maximum absolute atomic E-state index is 8.85. The van der Waals surface area contributed by atoms with Crippen LogP contribution in [0.5, 0.6) is 0 Å². The summed E-state index contributed by atoms with van der Waals surface area (Å²) in [7, 11) is 0. The van der Waals surface area contributed by atoms with Crippen molar-refractivity contribution in [2.24, 2.45) is 0 Å². The molecule has 1 aromatic carbocycles. The molecule has 0 radical (unpaired) electrons. The Morgan fingerprint density at radius 1 is 1.21 bits per heavy atom. The third-order valence-electron chi connectivity index (χ3n) is 2.58.